The molecule has 13 nitrogen and oxygen atoms in total. The van der Waals surface area contributed by atoms with Gasteiger partial charge in [-0.25, -0.2) is 9.78 Å². The Labute approximate surface area is 303 Å². The molecule has 0 bridgehead atoms. The summed E-state index contributed by atoms with van der Waals surface area (Å²) in [6, 6.07) is 5.72. The Morgan fingerprint density at radius 3 is 2.12 bits per heavy atom. The predicted molar refractivity (Wildman–Crippen MR) is 181 cm³/mol. The second kappa shape index (κ2) is 16.0. The van der Waals surface area contributed by atoms with Gasteiger partial charge in [-0.05, 0) is 25.1 Å². The molecule has 1 heterocycles. The van der Waals surface area contributed by atoms with Crippen molar-refractivity contribution in [2.24, 2.45) is 0 Å². The zero-order valence-electron chi connectivity index (χ0n) is 25.9. The number of esters is 2. The highest BCUT2D eigenvalue weighted by atomic mass is 35.5. The van der Waals surface area contributed by atoms with E-state index in [2.05, 4.69) is 16.9 Å². The highest BCUT2D eigenvalue weighted by Gasteiger charge is 2.46. The van der Waals surface area contributed by atoms with Gasteiger partial charge in [-0.2, -0.15) is 0 Å². The number of nitrogens with zero attached hydrogens (tertiary/aromatic N) is 1. The number of aromatic hydroxyl groups is 1. The van der Waals surface area contributed by atoms with Gasteiger partial charge in [-0.15, -0.1) is 0 Å². The number of hydrogen-bond donors (Lipinski definition) is 3. The van der Waals surface area contributed by atoms with Crippen LogP contribution in [0.5, 0.6) is 5.75 Å². The fraction of sp³-hybridized carbons (Fsp3) is 0.273. The standard InChI is InChI=1S/C33H26Cl4N2O11/c1-13(2)33(48)49-12-17(50-22(45)8-7-21(43)44)11-16(40)5-6-20(42)38-15-4-3-14-9-19(41)30(39-18(14)10-15)25-31(46)23-24(32(25)47)27(35)29(37)28(36)26(23)34/h3-4,9-10,17,25,41H,1,5-8,11-12H2,2H3,(H,38,42)(H,43,44). The SMILES string of the molecule is C=C(C)C(=O)OCC(CC(=O)CCC(=O)Nc1ccc2cc(O)c(C3C(=O)c4c(Cl)c(Cl)c(Cl)c(Cl)c4C3=O)nc2c1)OC(=O)CCC(=O)O. The Bertz CT molecular complexity index is 1950. The van der Waals surface area contributed by atoms with Crippen molar-refractivity contribution in [1.82, 2.24) is 4.98 Å². The lowest BCUT2D eigenvalue weighted by Crippen LogP contribution is -2.28. The highest BCUT2D eigenvalue weighted by molar-refractivity contribution is 6.55. The van der Waals surface area contributed by atoms with Crippen molar-refractivity contribution < 1.29 is 53.2 Å². The lowest BCUT2D eigenvalue weighted by Gasteiger charge is -2.17. The number of anilines is 1. The van der Waals surface area contributed by atoms with Crippen LogP contribution in [0.4, 0.5) is 5.69 Å². The lowest BCUT2D eigenvalue weighted by atomic mass is 9.97. The lowest BCUT2D eigenvalue weighted by molar-refractivity contribution is -0.159. The van der Waals surface area contributed by atoms with Gasteiger partial charge in [0.15, 0.2) is 11.6 Å². The summed E-state index contributed by atoms with van der Waals surface area (Å²) in [6.45, 7) is 4.34. The van der Waals surface area contributed by atoms with Gasteiger partial charge >= 0.3 is 17.9 Å². The second-order valence-corrected chi connectivity index (χ2v) is 12.7. The smallest absolute Gasteiger partial charge is 0.333 e. The van der Waals surface area contributed by atoms with Crippen LogP contribution in [0.25, 0.3) is 10.9 Å². The molecule has 1 aliphatic carbocycles. The van der Waals surface area contributed by atoms with Crippen LogP contribution < -0.4 is 5.32 Å². The molecule has 0 saturated carbocycles. The summed E-state index contributed by atoms with van der Waals surface area (Å²) in [6.07, 6.45) is -3.20. The molecule has 262 valence electrons. The van der Waals surface area contributed by atoms with E-state index in [-0.39, 0.29) is 66.5 Å². The van der Waals surface area contributed by atoms with Crippen molar-refractivity contribution in [2.45, 2.75) is 51.0 Å². The van der Waals surface area contributed by atoms with Crippen molar-refractivity contribution >= 4 is 104 Å². The van der Waals surface area contributed by atoms with Gasteiger partial charge < -0.3 is 25.0 Å². The van der Waals surface area contributed by atoms with Gasteiger partial charge in [0.25, 0.3) is 0 Å². The van der Waals surface area contributed by atoms with Gasteiger partial charge in [-0.1, -0.05) is 59.0 Å². The zero-order valence-corrected chi connectivity index (χ0v) is 29.0. The molecule has 1 aliphatic rings. The Morgan fingerprint density at radius 2 is 1.54 bits per heavy atom. The molecule has 17 heteroatoms. The Morgan fingerprint density at radius 1 is 0.920 bits per heavy atom. The summed E-state index contributed by atoms with van der Waals surface area (Å²) in [5, 5.41) is 21.6. The predicted octanol–water partition coefficient (Wildman–Crippen LogP) is 6.29. The Balaban J connectivity index is 1.44. The van der Waals surface area contributed by atoms with E-state index in [4.69, 9.17) is 61.0 Å². The number of aliphatic carboxylic acids is 1. The molecule has 1 atom stereocenters. The summed E-state index contributed by atoms with van der Waals surface area (Å²) in [7, 11) is 0. The minimum Gasteiger partial charge on any atom is -0.506 e. The largest absolute Gasteiger partial charge is 0.506 e. The molecule has 3 aromatic rings. The molecule has 1 amide bonds. The number of carboxylic acids is 1. The van der Waals surface area contributed by atoms with Gasteiger partial charge in [0, 0.05) is 35.9 Å². The number of halogens is 4. The minimum absolute atomic E-state index is 0.0671. The summed E-state index contributed by atoms with van der Waals surface area (Å²) >= 11 is 24.6. The molecular weight excluding hydrogens is 742 g/mol. The first kappa shape index (κ1) is 38.2. The normalized spacial score (nSPS) is 13.1. The van der Waals surface area contributed by atoms with Gasteiger partial charge in [0.05, 0.1) is 49.6 Å². The van der Waals surface area contributed by atoms with E-state index in [0.717, 1.165) is 0 Å². The molecule has 4 rings (SSSR count). The van der Waals surface area contributed by atoms with Crippen LogP contribution in [0.2, 0.25) is 20.1 Å². The number of nitrogens with one attached hydrogen (secondary N) is 1. The van der Waals surface area contributed by atoms with Gasteiger partial charge in [-0.3, -0.25) is 28.8 Å². The van der Waals surface area contributed by atoms with E-state index in [1.165, 1.54) is 31.2 Å². The monoisotopic (exact) mass is 766 g/mol. The number of carboxylic acid groups (broad SMARTS) is 1. The number of pyridine rings is 1. The number of aromatic nitrogens is 1. The van der Waals surface area contributed by atoms with E-state index in [9.17, 15) is 38.7 Å². The molecule has 50 heavy (non-hydrogen) atoms. The maximum absolute atomic E-state index is 13.4. The van der Waals surface area contributed by atoms with Crippen molar-refractivity contribution in [3.63, 3.8) is 0 Å². The molecule has 0 fully saturated rings. The molecule has 1 unspecified atom stereocenters. The fourth-order valence-electron chi connectivity index (χ4n) is 4.92. The number of fused-ring (bicyclic) bond motifs is 2. The number of benzene rings is 2. The van der Waals surface area contributed by atoms with Crippen LogP contribution in [-0.2, 0) is 33.4 Å². The van der Waals surface area contributed by atoms with E-state index >= 15 is 0 Å². The molecule has 3 N–H and O–H groups in total. The van der Waals surface area contributed by atoms with Crippen LogP contribution in [-0.4, -0.2) is 69.1 Å². The van der Waals surface area contributed by atoms with Crippen molar-refractivity contribution in [3.05, 3.63) is 73.3 Å². The van der Waals surface area contributed by atoms with E-state index in [1.807, 2.05) is 0 Å². The second-order valence-electron chi connectivity index (χ2n) is 11.1. The number of carbonyl (C=O) groups excluding carboxylic acids is 6. The Hall–Kier alpha value is -4.56. The number of ether oxygens (including phenoxy) is 2. The Kier molecular flexibility index (Phi) is 12.2. The summed E-state index contributed by atoms with van der Waals surface area (Å²) in [5.74, 6) is -7.69. The van der Waals surface area contributed by atoms with Crippen molar-refractivity contribution in [2.75, 3.05) is 11.9 Å². The maximum Gasteiger partial charge on any atom is 0.333 e. The topological polar surface area (TPSA) is 203 Å². The van der Waals surface area contributed by atoms with E-state index < -0.39 is 84.8 Å². The van der Waals surface area contributed by atoms with E-state index in [0.29, 0.717) is 5.39 Å². The van der Waals surface area contributed by atoms with Crippen LogP contribution in [0.1, 0.15) is 71.4 Å². The van der Waals surface area contributed by atoms with Crippen LogP contribution in [0, 0.1) is 0 Å². The number of amides is 1. The maximum atomic E-state index is 13.4. The molecular formula is C33H26Cl4N2O11. The van der Waals surface area contributed by atoms with Crippen molar-refractivity contribution in [1.29, 1.82) is 0 Å². The first-order valence-corrected chi connectivity index (χ1v) is 16.1. The third-order valence-electron chi connectivity index (χ3n) is 7.34. The van der Waals surface area contributed by atoms with Gasteiger partial charge in [0.1, 0.15) is 35.9 Å². The summed E-state index contributed by atoms with van der Waals surface area (Å²) in [5.41, 5.74) is -0.287. The first-order valence-electron chi connectivity index (χ1n) is 14.6. The van der Waals surface area contributed by atoms with Crippen LogP contribution in [0.3, 0.4) is 0 Å². The molecule has 1 aromatic heterocycles. The van der Waals surface area contributed by atoms with E-state index in [1.54, 1.807) is 0 Å². The first-order chi connectivity index (χ1) is 23.5. The van der Waals surface area contributed by atoms with Crippen LogP contribution in [0.15, 0.2) is 36.4 Å². The molecule has 0 aliphatic heterocycles. The number of hydrogen-bond acceptors (Lipinski definition) is 11. The number of rotatable bonds is 14. The third kappa shape index (κ3) is 8.59. The highest BCUT2D eigenvalue weighted by Crippen LogP contribution is 2.49. The third-order valence-corrected chi connectivity index (χ3v) is 9.15. The fourth-order valence-corrected chi connectivity index (χ4v) is 5.96. The van der Waals surface area contributed by atoms with Crippen molar-refractivity contribution in [3.8, 4) is 5.75 Å². The summed E-state index contributed by atoms with van der Waals surface area (Å²) in [4.78, 5) is 91.1. The molecule has 0 radical (unpaired) electrons. The average Bonchev–Trinajstić information content (AvgIpc) is 3.32. The number of Topliss-reactive ketones (excluding diaryl/α,β-unsaturated/α-hetero) is 3. The molecule has 2 aromatic carbocycles. The van der Waals surface area contributed by atoms with Crippen LogP contribution >= 0.6 is 46.4 Å². The molecule has 0 spiro atoms. The van der Waals surface area contributed by atoms with Gasteiger partial charge in [0.2, 0.25) is 5.91 Å². The number of carbonyl (C=O) groups is 7. The number of ketones is 3. The quantitative estimate of drug-likeness (QED) is 0.0545. The summed E-state index contributed by atoms with van der Waals surface area (Å²) < 4.78 is 10.1. The average molecular weight is 768 g/mol. The zero-order chi connectivity index (χ0) is 37.0. The molecule has 0 saturated heterocycles. The minimum atomic E-state index is -1.60.